The SMILES string of the molecule is CCOC(=O)c1cccc(-n2c(C)cc(/C=C(/C#N)c3ccc(Cl)cc3)c2C)c1. The Morgan fingerprint density at radius 2 is 1.86 bits per heavy atom. The molecule has 0 radical (unpaired) electrons. The van der Waals surface area contributed by atoms with Gasteiger partial charge in [-0.05, 0) is 74.4 Å². The smallest absolute Gasteiger partial charge is 0.338 e. The summed E-state index contributed by atoms with van der Waals surface area (Å²) in [6.45, 7) is 6.11. The molecule has 0 bridgehead atoms. The zero-order chi connectivity index (χ0) is 21.0. The van der Waals surface area contributed by atoms with Gasteiger partial charge in [-0.25, -0.2) is 4.79 Å². The average molecular weight is 405 g/mol. The van der Waals surface area contributed by atoms with Crippen LogP contribution in [0.4, 0.5) is 0 Å². The first kappa shape index (κ1) is 20.4. The van der Waals surface area contributed by atoms with Crippen LogP contribution in [0.3, 0.4) is 0 Å². The molecule has 1 heterocycles. The molecular weight excluding hydrogens is 384 g/mol. The minimum Gasteiger partial charge on any atom is -0.462 e. The first-order chi connectivity index (χ1) is 13.9. The monoisotopic (exact) mass is 404 g/mol. The van der Waals surface area contributed by atoms with E-state index in [1.807, 2.05) is 56.3 Å². The molecule has 0 spiro atoms. The number of benzene rings is 2. The van der Waals surface area contributed by atoms with Crippen molar-refractivity contribution in [2.45, 2.75) is 20.8 Å². The Hall–Kier alpha value is -3.29. The number of rotatable bonds is 5. The fraction of sp³-hybridized carbons (Fsp3) is 0.167. The van der Waals surface area contributed by atoms with Gasteiger partial charge in [0.05, 0.1) is 23.8 Å². The highest BCUT2D eigenvalue weighted by Gasteiger charge is 2.13. The van der Waals surface area contributed by atoms with E-state index < -0.39 is 0 Å². The number of hydrogen-bond acceptors (Lipinski definition) is 3. The number of hydrogen-bond donors (Lipinski definition) is 0. The zero-order valence-corrected chi connectivity index (χ0v) is 17.3. The van der Waals surface area contributed by atoms with Crippen molar-refractivity contribution in [2.24, 2.45) is 0 Å². The molecule has 0 N–H and O–H groups in total. The fourth-order valence-electron chi connectivity index (χ4n) is 3.28. The summed E-state index contributed by atoms with van der Waals surface area (Å²) in [6, 6.07) is 18.8. The maximum atomic E-state index is 12.1. The van der Waals surface area contributed by atoms with Gasteiger partial charge in [0.25, 0.3) is 0 Å². The van der Waals surface area contributed by atoms with Crippen molar-refractivity contribution in [3.05, 3.63) is 87.7 Å². The number of nitriles is 1. The first-order valence-corrected chi connectivity index (χ1v) is 9.66. The molecule has 0 aliphatic rings. The second-order valence-electron chi connectivity index (χ2n) is 6.61. The Bertz CT molecular complexity index is 1120. The lowest BCUT2D eigenvalue weighted by Gasteiger charge is -2.11. The number of esters is 1. The van der Waals surface area contributed by atoms with Gasteiger partial charge in [-0.1, -0.05) is 29.8 Å². The molecule has 4 nitrogen and oxygen atoms in total. The average Bonchev–Trinajstić information content (AvgIpc) is 3.00. The molecule has 0 unspecified atom stereocenters. The van der Waals surface area contributed by atoms with E-state index in [1.54, 1.807) is 25.1 Å². The molecule has 5 heteroatoms. The third-order valence-electron chi connectivity index (χ3n) is 4.66. The van der Waals surface area contributed by atoms with Crippen molar-refractivity contribution >= 4 is 29.2 Å². The second kappa shape index (κ2) is 8.81. The molecule has 0 fully saturated rings. The Morgan fingerprint density at radius 1 is 1.14 bits per heavy atom. The third kappa shape index (κ3) is 4.42. The number of halogens is 1. The summed E-state index contributed by atoms with van der Waals surface area (Å²) in [7, 11) is 0. The minimum absolute atomic E-state index is 0.335. The molecule has 0 saturated heterocycles. The quantitative estimate of drug-likeness (QED) is 0.387. The van der Waals surface area contributed by atoms with Gasteiger partial charge in [-0.2, -0.15) is 5.26 Å². The number of aromatic nitrogens is 1. The number of carbonyl (C=O) groups is 1. The van der Waals surface area contributed by atoms with Crippen LogP contribution in [0.2, 0.25) is 5.02 Å². The van der Waals surface area contributed by atoms with E-state index in [-0.39, 0.29) is 5.97 Å². The minimum atomic E-state index is -0.341. The first-order valence-electron chi connectivity index (χ1n) is 9.28. The van der Waals surface area contributed by atoms with Crippen LogP contribution in [-0.4, -0.2) is 17.1 Å². The summed E-state index contributed by atoms with van der Waals surface area (Å²) in [6.07, 6.45) is 1.87. The van der Waals surface area contributed by atoms with E-state index in [2.05, 4.69) is 10.6 Å². The molecular formula is C24H21ClN2O2. The van der Waals surface area contributed by atoms with Crippen molar-refractivity contribution in [1.29, 1.82) is 5.26 Å². The van der Waals surface area contributed by atoms with Crippen LogP contribution < -0.4 is 0 Å². The van der Waals surface area contributed by atoms with Gasteiger partial charge < -0.3 is 9.30 Å². The second-order valence-corrected chi connectivity index (χ2v) is 7.05. The molecule has 3 rings (SSSR count). The summed E-state index contributed by atoms with van der Waals surface area (Å²) in [5.74, 6) is -0.341. The molecule has 0 aliphatic carbocycles. The van der Waals surface area contributed by atoms with Gasteiger partial charge in [0.1, 0.15) is 0 Å². The number of ether oxygens (including phenoxy) is 1. The summed E-state index contributed by atoms with van der Waals surface area (Å²) >= 11 is 5.95. The van der Waals surface area contributed by atoms with Gasteiger partial charge in [0, 0.05) is 22.1 Å². The van der Waals surface area contributed by atoms with Gasteiger partial charge in [0.2, 0.25) is 0 Å². The molecule has 146 valence electrons. The van der Waals surface area contributed by atoms with E-state index in [1.165, 1.54) is 0 Å². The van der Waals surface area contributed by atoms with Crippen molar-refractivity contribution in [3.63, 3.8) is 0 Å². The normalized spacial score (nSPS) is 11.2. The summed E-state index contributed by atoms with van der Waals surface area (Å²) in [5.41, 5.74) is 5.67. The maximum absolute atomic E-state index is 12.1. The van der Waals surface area contributed by atoms with Crippen molar-refractivity contribution in [1.82, 2.24) is 4.57 Å². The summed E-state index contributed by atoms with van der Waals surface area (Å²) in [5, 5.41) is 10.3. The Labute approximate surface area is 175 Å². The van der Waals surface area contributed by atoms with Crippen LogP contribution in [-0.2, 0) is 4.74 Å². The predicted molar refractivity (Wildman–Crippen MR) is 116 cm³/mol. The Kier molecular flexibility index (Phi) is 6.21. The molecule has 2 aromatic carbocycles. The van der Waals surface area contributed by atoms with Crippen LogP contribution in [0.1, 0.15) is 39.8 Å². The topological polar surface area (TPSA) is 55.0 Å². The van der Waals surface area contributed by atoms with Crippen LogP contribution >= 0.6 is 11.6 Å². The molecule has 3 aromatic rings. The molecule has 0 saturated carbocycles. The van der Waals surface area contributed by atoms with E-state index in [0.717, 1.165) is 28.2 Å². The highest BCUT2D eigenvalue weighted by atomic mass is 35.5. The molecule has 0 aliphatic heterocycles. The van der Waals surface area contributed by atoms with Crippen LogP contribution in [0.25, 0.3) is 17.3 Å². The van der Waals surface area contributed by atoms with E-state index in [0.29, 0.717) is 22.8 Å². The third-order valence-corrected chi connectivity index (χ3v) is 4.91. The molecule has 1 aromatic heterocycles. The lowest BCUT2D eigenvalue weighted by Crippen LogP contribution is -2.06. The fourth-order valence-corrected chi connectivity index (χ4v) is 3.41. The molecule has 29 heavy (non-hydrogen) atoms. The standard InChI is InChI=1S/C24H21ClN2O2/c1-4-29-24(28)19-6-5-7-23(14-19)27-16(2)12-20(17(27)3)13-21(15-26)18-8-10-22(25)11-9-18/h5-14H,4H2,1-3H3/b21-13-. The van der Waals surface area contributed by atoms with E-state index >= 15 is 0 Å². The van der Waals surface area contributed by atoms with Gasteiger partial charge >= 0.3 is 5.97 Å². The number of allylic oxidation sites excluding steroid dienone is 1. The van der Waals surface area contributed by atoms with Crippen molar-refractivity contribution in [3.8, 4) is 11.8 Å². The molecule has 0 atom stereocenters. The number of aryl methyl sites for hydroxylation is 1. The molecule has 0 amide bonds. The summed E-state index contributed by atoms with van der Waals surface area (Å²) < 4.78 is 7.17. The van der Waals surface area contributed by atoms with Crippen LogP contribution in [0.15, 0.2) is 54.6 Å². The Balaban J connectivity index is 2.03. The van der Waals surface area contributed by atoms with Gasteiger partial charge in [-0.15, -0.1) is 0 Å². The number of nitrogens with zero attached hydrogens (tertiary/aromatic N) is 2. The maximum Gasteiger partial charge on any atom is 0.338 e. The van der Waals surface area contributed by atoms with E-state index in [4.69, 9.17) is 16.3 Å². The van der Waals surface area contributed by atoms with E-state index in [9.17, 15) is 10.1 Å². The lowest BCUT2D eigenvalue weighted by molar-refractivity contribution is 0.0526. The van der Waals surface area contributed by atoms with Crippen molar-refractivity contribution in [2.75, 3.05) is 6.61 Å². The van der Waals surface area contributed by atoms with Crippen LogP contribution in [0, 0.1) is 25.2 Å². The zero-order valence-electron chi connectivity index (χ0n) is 16.6. The summed E-state index contributed by atoms with van der Waals surface area (Å²) in [4.78, 5) is 12.1. The highest BCUT2D eigenvalue weighted by Crippen LogP contribution is 2.26. The van der Waals surface area contributed by atoms with Crippen molar-refractivity contribution < 1.29 is 9.53 Å². The van der Waals surface area contributed by atoms with Crippen LogP contribution in [0.5, 0.6) is 0 Å². The lowest BCUT2D eigenvalue weighted by atomic mass is 10.0. The highest BCUT2D eigenvalue weighted by molar-refractivity contribution is 6.30. The van der Waals surface area contributed by atoms with Gasteiger partial charge in [0.15, 0.2) is 0 Å². The Morgan fingerprint density at radius 3 is 2.52 bits per heavy atom. The predicted octanol–water partition coefficient (Wildman–Crippen LogP) is 5.99. The largest absolute Gasteiger partial charge is 0.462 e. The number of carbonyl (C=O) groups excluding carboxylic acids is 1. The van der Waals surface area contributed by atoms with Gasteiger partial charge in [-0.3, -0.25) is 0 Å².